The molecule has 2 aromatic carbocycles. The van der Waals surface area contributed by atoms with Gasteiger partial charge in [-0.15, -0.1) is 0 Å². The molecule has 1 atom stereocenters. The number of nitrogens with zero attached hydrogens (tertiary/aromatic N) is 2. The van der Waals surface area contributed by atoms with Crippen LogP contribution in [0.15, 0.2) is 59.7 Å². The van der Waals surface area contributed by atoms with E-state index in [0.29, 0.717) is 44.2 Å². The van der Waals surface area contributed by atoms with E-state index in [4.69, 9.17) is 4.74 Å². The van der Waals surface area contributed by atoms with Crippen LogP contribution in [-0.4, -0.2) is 21.4 Å². The molecule has 1 aromatic heterocycles. The molecule has 1 heterocycles. The predicted molar refractivity (Wildman–Crippen MR) is 129 cm³/mol. The van der Waals surface area contributed by atoms with E-state index in [1.54, 1.807) is 4.57 Å². The number of hydrogen-bond donors (Lipinski definition) is 1. The molecule has 38 heavy (non-hydrogen) atoms. The Bertz CT molecular complexity index is 1260. The third-order valence-corrected chi connectivity index (χ3v) is 7.93. The van der Waals surface area contributed by atoms with Gasteiger partial charge in [0.25, 0.3) is 0 Å². The number of nitrogens with one attached hydrogen (secondary N) is 1. The molecule has 1 aliphatic rings. The monoisotopic (exact) mass is 541 g/mol. The van der Waals surface area contributed by atoms with Gasteiger partial charge in [-0.25, -0.2) is 9.89 Å². The van der Waals surface area contributed by atoms with E-state index in [9.17, 15) is 31.1 Å². The summed E-state index contributed by atoms with van der Waals surface area (Å²) in [5.74, 6) is 0. The Morgan fingerprint density at radius 1 is 0.974 bits per heavy atom. The van der Waals surface area contributed by atoms with Crippen LogP contribution in [0.3, 0.4) is 0 Å². The lowest BCUT2D eigenvalue weighted by atomic mass is 9.63. The maximum atomic E-state index is 13.4. The van der Waals surface area contributed by atoms with Gasteiger partial charge in [-0.1, -0.05) is 37.3 Å². The van der Waals surface area contributed by atoms with Gasteiger partial charge < -0.3 is 4.74 Å². The van der Waals surface area contributed by atoms with Crippen LogP contribution in [0.1, 0.15) is 74.3 Å². The minimum Gasteiger partial charge on any atom is -0.373 e. The standard InChI is InChI=1S/C27H29F6N3O2/c1-3-25(36-17-34-35-23(36)37)11-9-24(10-12-25,20-7-5-4-6-8-20)16-38-18(2)19-13-21(26(28,29)30)15-22(14-19)27(31,32)33/h4-8,13-15,17-18H,3,9-12,16H2,1-2H3,(H,35,37)/t18-,24-,25-/m1/s1. The van der Waals surface area contributed by atoms with Crippen LogP contribution in [0.4, 0.5) is 26.3 Å². The van der Waals surface area contributed by atoms with Crippen molar-refractivity contribution in [2.45, 2.75) is 75.4 Å². The van der Waals surface area contributed by atoms with Gasteiger partial charge in [0.05, 0.1) is 29.4 Å². The Morgan fingerprint density at radius 2 is 1.55 bits per heavy atom. The quantitative estimate of drug-likeness (QED) is 0.328. The first kappa shape index (κ1) is 27.9. The number of ether oxygens (including phenoxy) is 1. The number of aromatic nitrogens is 3. The van der Waals surface area contributed by atoms with Gasteiger partial charge in [-0.05, 0) is 68.4 Å². The summed E-state index contributed by atoms with van der Waals surface area (Å²) in [5.41, 5.74) is -3.24. The van der Waals surface area contributed by atoms with Gasteiger partial charge in [-0.3, -0.25) is 4.57 Å². The third-order valence-electron chi connectivity index (χ3n) is 7.93. The van der Waals surface area contributed by atoms with Crippen LogP contribution in [0, 0.1) is 0 Å². The highest BCUT2D eigenvalue weighted by Crippen LogP contribution is 2.48. The first-order valence-corrected chi connectivity index (χ1v) is 12.4. The largest absolute Gasteiger partial charge is 0.416 e. The van der Waals surface area contributed by atoms with E-state index in [1.807, 2.05) is 37.3 Å². The SMILES string of the molecule is CC[C@]1(n2cn[nH]c2=O)CC[C@](CO[C@H](C)c2cc(C(F)(F)F)cc(C(F)(F)F)c2)(c2ccccc2)CC1. The van der Waals surface area contributed by atoms with E-state index < -0.39 is 40.5 Å². The highest BCUT2D eigenvalue weighted by atomic mass is 19.4. The summed E-state index contributed by atoms with van der Waals surface area (Å²) in [6, 6.07) is 11.1. The molecule has 0 saturated heterocycles. The van der Waals surface area contributed by atoms with Crippen molar-refractivity contribution in [1.82, 2.24) is 14.8 Å². The minimum absolute atomic E-state index is 0.0931. The number of halogens is 6. The first-order valence-electron chi connectivity index (χ1n) is 12.4. The Morgan fingerprint density at radius 3 is 2.03 bits per heavy atom. The van der Waals surface area contributed by atoms with Crippen molar-refractivity contribution in [3.05, 3.63) is 87.6 Å². The molecule has 1 aliphatic carbocycles. The van der Waals surface area contributed by atoms with Gasteiger partial charge in [0.1, 0.15) is 6.33 Å². The van der Waals surface area contributed by atoms with E-state index in [-0.39, 0.29) is 23.9 Å². The summed E-state index contributed by atoms with van der Waals surface area (Å²) in [5, 5.41) is 6.31. The summed E-state index contributed by atoms with van der Waals surface area (Å²) < 4.78 is 87.9. The second-order valence-corrected chi connectivity index (χ2v) is 10.0. The lowest BCUT2D eigenvalue weighted by molar-refractivity contribution is -0.143. The fourth-order valence-electron chi connectivity index (χ4n) is 5.45. The van der Waals surface area contributed by atoms with Crippen molar-refractivity contribution in [2.75, 3.05) is 6.61 Å². The summed E-state index contributed by atoms with van der Waals surface area (Å²) in [6.45, 7) is 3.55. The Balaban J connectivity index is 1.62. The van der Waals surface area contributed by atoms with E-state index in [2.05, 4.69) is 10.2 Å². The van der Waals surface area contributed by atoms with Crippen molar-refractivity contribution < 1.29 is 31.1 Å². The molecule has 11 heteroatoms. The molecule has 1 fully saturated rings. The average molecular weight is 542 g/mol. The van der Waals surface area contributed by atoms with Crippen LogP contribution >= 0.6 is 0 Å². The average Bonchev–Trinajstić information content (AvgIpc) is 3.33. The minimum atomic E-state index is -4.93. The van der Waals surface area contributed by atoms with Crippen molar-refractivity contribution in [3.63, 3.8) is 0 Å². The second kappa shape index (κ2) is 10.2. The molecule has 206 valence electrons. The molecule has 4 rings (SSSR count). The number of rotatable bonds is 7. The van der Waals surface area contributed by atoms with Gasteiger partial charge in [0.2, 0.25) is 0 Å². The maximum absolute atomic E-state index is 13.4. The molecular weight excluding hydrogens is 512 g/mol. The molecule has 0 aliphatic heterocycles. The molecule has 0 radical (unpaired) electrons. The summed E-state index contributed by atoms with van der Waals surface area (Å²) in [6.07, 6.45) is -6.25. The zero-order valence-electron chi connectivity index (χ0n) is 21.0. The number of H-pyrrole nitrogens is 1. The van der Waals surface area contributed by atoms with Gasteiger partial charge in [-0.2, -0.15) is 31.4 Å². The number of alkyl halides is 6. The van der Waals surface area contributed by atoms with E-state index in [1.165, 1.54) is 13.3 Å². The predicted octanol–water partition coefficient (Wildman–Crippen LogP) is 7.00. The molecule has 1 saturated carbocycles. The zero-order chi connectivity index (χ0) is 27.8. The normalized spacial score (nSPS) is 23.4. The van der Waals surface area contributed by atoms with Crippen LogP contribution in [-0.2, 0) is 28.0 Å². The molecule has 0 spiro atoms. The third kappa shape index (κ3) is 5.52. The van der Waals surface area contributed by atoms with Crippen molar-refractivity contribution >= 4 is 0 Å². The fraction of sp³-hybridized carbons (Fsp3) is 0.481. The Labute approximate surface area is 215 Å². The van der Waals surface area contributed by atoms with Crippen molar-refractivity contribution in [2.24, 2.45) is 0 Å². The van der Waals surface area contributed by atoms with Crippen LogP contribution in [0.25, 0.3) is 0 Å². The van der Waals surface area contributed by atoms with Gasteiger partial charge in [0.15, 0.2) is 0 Å². The van der Waals surface area contributed by atoms with E-state index in [0.717, 1.165) is 5.56 Å². The van der Waals surface area contributed by atoms with Crippen LogP contribution < -0.4 is 5.69 Å². The molecule has 1 N–H and O–H groups in total. The molecule has 0 unspecified atom stereocenters. The second-order valence-electron chi connectivity index (χ2n) is 10.0. The molecule has 0 amide bonds. The molecular formula is C27H29F6N3O2. The Kier molecular flexibility index (Phi) is 7.53. The summed E-state index contributed by atoms with van der Waals surface area (Å²) >= 11 is 0. The van der Waals surface area contributed by atoms with Crippen LogP contribution in [0.5, 0.6) is 0 Å². The van der Waals surface area contributed by atoms with Gasteiger partial charge in [0, 0.05) is 5.41 Å². The van der Waals surface area contributed by atoms with Crippen molar-refractivity contribution in [3.8, 4) is 0 Å². The highest BCUT2D eigenvalue weighted by molar-refractivity contribution is 5.35. The topological polar surface area (TPSA) is 59.9 Å². The highest BCUT2D eigenvalue weighted by Gasteiger charge is 2.45. The first-order chi connectivity index (χ1) is 17.8. The molecule has 0 bridgehead atoms. The zero-order valence-corrected chi connectivity index (χ0v) is 21.0. The summed E-state index contributed by atoms with van der Waals surface area (Å²) in [7, 11) is 0. The fourth-order valence-corrected chi connectivity index (χ4v) is 5.45. The number of hydrogen-bond acceptors (Lipinski definition) is 3. The van der Waals surface area contributed by atoms with Crippen LogP contribution in [0.2, 0.25) is 0 Å². The molecule has 5 nitrogen and oxygen atoms in total. The van der Waals surface area contributed by atoms with Gasteiger partial charge >= 0.3 is 18.0 Å². The Hall–Kier alpha value is -3.08. The number of benzene rings is 2. The van der Waals surface area contributed by atoms with Crippen molar-refractivity contribution in [1.29, 1.82) is 0 Å². The lowest BCUT2D eigenvalue weighted by Gasteiger charge is -2.47. The number of aromatic amines is 1. The molecule has 3 aromatic rings. The maximum Gasteiger partial charge on any atom is 0.416 e. The smallest absolute Gasteiger partial charge is 0.373 e. The summed E-state index contributed by atoms with van der Waals surface area (Å²) in [4.78, 5) is 12.3. The van der Waals surface area contributed by atoms with E-state index >= 15 is 0 Å². The lowest BCUT2D eigenvalue weighted by Crippen LogP contribution is -2.47.